The van der Waals surface area contributed by atoms with Crippen molar-refractivity contribution in [3.8, 4) is 5.69 Å². The molecule has 0 saturated heterocycles. The lowest BCUT2D eigenvalue weighted by Crippen LogP contribution is -2.35. The molecule has 7 nitrogen and oxygen atoms in total. The lowest BCUT2D eigenvalue weighted by atomic mass is 10.0. The first-order valence-electron chi connectivity index (χ1n) is 10.8. The number of aromatic nitrogens is 2. The van der Waals surface area contributed by atoms with E-state index in [1.807, 2.05) is 13.8 Å². The minimum atomic E-state index is -4.00. The van der Waals surface area contributed by atoms with Crippen molar-refractivity contribution in [1.82, 2.24) is 14.3 Å². The third kappa shape index (κ3) is 4.71. The number of halogens is 1. The van der Waals surface area contributed by atoms with E-state index in [1.165, 1.54) is 42.5 Å². The van der Waals surface area contributed by atoms with Gasteiger partial charge >= 0.3 is 0 Å². The average Bonchev–Trinajstić information content (AvgIpc) is 2.79. The third-order valence-electron chi connectivity index (χ3n) is 5.40. The molecule has 0 saturated carbocycles. The van der Waals surface area contributed by atoms with E-state index in [9.17, 15) is 17.6 Å². The summed E-state index contributed by atoms with van der Waals surface area (Å²) in [6, 6.07) is 17.5. The zero-order valence-corrected chi connectivity index (χ0v) is 19.6. The highest BCUT2D eigenvalue weighted by molar-refractivity contribution is 7.89. The predicted octanol–water partition coefficient (Wildman–Crippen LogP) is 4.17. The molecule has 1 heterocycles. The van der Waals surface area contributed by atoms with Crippen LogP contribution >= 0.6 is 0 Å². The summed E-state index contributed by atoms with van der Waals surface area (Å²) in [5.41, 5.74) is 6.05. The number of rotatable bonds is 7. The number of benzene rings is 3. The van der Waals surface area contributed by atoms with Gasteiger partial charge in [0.2, 0.25) is 10.0 Å². The number of para-hydroxylation sites is 2. The van der Waals surface area contributed by atoms with Crippen LogP contribution in [0.15, 0.2) is 82.5 Å². The maximum Gasteiger partial charge on any atom is 0.266 e. The molecule has 1 atom stereocenters. The highest BCUT2D eigenvalue weighted by Gasteiger charge is 2.28. The molecule has 0 aliphatic carbocycles. The second kappa shape index (κ2) is 9.36. The molecular weight excluding hydrogens is 455 g/mol. The Labute approximate surface area is 197 Å². The Morgan fingerprint density at radius 2 is 1.65 bits per heavy atom. The lowest BCUT2D eigenvalue weighted by molar-refractivity contribution is 0.448. The fourth-order valence-corrected chi connectivity index (χ4v) is 5.04. The summed E-state index contributed by atoms with van der Waals surface area (Å²) < 4.78 is 45.2. The van der Waals surface area contributed by atoms with Crippen LogP contribution in [-0.4, -0.2) is 18.0 Å². The molecule has 1 aromatic heterocycles. The first-order chi connectivity index (χ1) is 16.2. The van der Waals surface area contributed by atoms with E-state index < -0.39 is 27.4 Å². The number of fused-ring (bicyclic) bond motifs is 1. The minimum Gasteiger partial charge on any atom is -0.399 e. The molecule has 0 amide bonds. The fourth-order valence-electron chi connectivity index (χ4n) is 3.83. The van der Waals surface area contributed by atoms with Crippen molar-refractivity contribution in [2.75, 3.05) is 5.73 Å². The maximum absolute atomic E-state index is 14.9. The Morgan fingerprint density at radius 1 is 1.00 bits per heavy atom. The van der Waals surface area contributed by atoms with Crippen molar-refractivity contribution in [3.05, 3.63) is 94.8 Å². The first kappa shape index (κ1) is 23.6. The predicted molar refractivity (Wildman–Crippen MR) is 131 cm³/mol. The highest BCUT2D eigenvalue weighted by atomic mass is 32.2. The Morgan fingerprint density at radius 3 is 2.32 bits per heavy atom. The van der Waals surface area contributed by atoms with Gasteiger partial charge in [0.05, 0.1) is 27.5 Å². The zero-order valence-electron chi connectivity index (χ0n) is 18.8. The molecule has 4 aromatic rings. The number of nitrogens with zero attached hydrogens (tertiary/aromatic N) is 2. The third-order valence-corrected chi connectivity index (χ3v) is 6.89. The quantitative estimate of drug-likeness (QED) is 0.386. The van der Waals surface area contributed by atoms with Gasteiger partial charge in [0.25, 0.3) is 5.56 Å². The SMILES string of the molecule is CC(C)CC(NS(=O)(=O)c1ccc(N)cc1)c1nc2ccccc2c(=O)n1-c1ccccc1F. The molecular formula is C25H25FN4O3S. The van der Waals surface area contributed by atoms with Crippen molar-refractivity contribution in [2.24, 2.45) is 5.92 Å². The van der Waals surface area contributed by atoms with Gasteiger partial charge in [-0.3, -0.25) is 9.36 Å². The van der Waals surface area contributed by atoms with Crippen molar-refractivity contribution >= 4 is 26.6 Å². The smallest absolute Gasteiger partial charge is 0.266 e. The van der Waals surface area contributed by atoms with Gasteiger partial charge in [-0.25, -0.2) is 22.5 Å². The summed E-state index contributed by atoms with van der Waals surface area (Å²) in [5, 5.41) is 0.305. The Balaban J connectivity index is 1.95. The van der Waals surface area contributed by atoms with Crippen LogP contribution in [-0.2, 0) is 10.0 Å². The van der Waals surface area contributed by atoms with E-state index >= 15 is 0 Å². The van der Waals surface area contributed by atoms with Crippen LogP contribution in [0.5, 0.6) is 0 Å². The van der Waals surface area contributed by atoms with Crippen LogP contribution in [0.2, 0.25) is 0 Å². The Kier molecular flexibility index (Phi) is 6.49. The molecule has 0 aliphatic heterocycles. The Hall–Kier alpha value is -3.56. The maximum atomic E-state index is 14.9. The van der Waals surface area contributed by atoms with E-state index in [4.69, 9.17) is 5.73 Å². The minimum absolute atomic E-state index is 0.00110. The number of nitrogens with one attached hydrogen (secondary N) is 1. The zero-order chi connectivity index (χ0) is 24.5. The van der Waals surface area contributed by atoms with Crippen molar-refractivity contribution in [3.63, 3.8) is 0 Å². The van der Waals surface area contributed by atoms with Gasteiger partial charge in [0, 0.05) is 5.69 Å². The summed E-state index contributed by atoms with van der Waals surface area (Å²) in [6.45, 7) is 3.86. The molecule has 0 radical (unpaired) electrons. The summed E-state index contributed by atoms with van der Waals surface area (Å²) in [7, 11) is -4.00. The summed E-state index contributed by atoms with van der Waals surface area (Å²) in [5.74, 6) is -0.467. The molecule has 0 aliphatic rings. The summed E-state index contributed by atoms with van der Waals surface area (Å²) in [6.07, 6.45) is 0.327. The van der Waals surface area contributed by atoms with E-state index in [1.54, 1.807) is 30.3 Å². The average molecular weight is 481 g/mol. The van der Waals surface area contributed by atoms with Crippen LogP contribution < -0.4 is 16.0 Å². The second-order valence-corrected chi connectivity index (χ2v) is 10.2. The first-order valence-corrected chi connectivity index (χ1v) is 12.3. The number of hydrogen-bond acceptors (Lipinski definition) is 5. The van der Waals surface area contributed by atoms with Crippen LogP contribution in [0.4, 0.5) is 10.1 Å². The molecule has 9 heteroatoms. The lowest BCUT2D eigenvalue weighted by Gasteiger charge is -2.24. The standard InChI is InChI=1S/C25H25FN4O3S/c1-16(2)15-22(29-34(32,33)18-13-11-17(27)12-14-18)24-28-21-9-5-3-7-19(21)25(31)30(24)23-10-6-4-8-20(23)26/h3-14,16,22,29H,15,27H2,1-2H3. The van der Waals surface area contributed by atoms with E-state index in [2.05, 4.69) is 9.71 Å². The molecule has 0 bridgehead atoms. The normalized spacial score (nSPS) is 12.8. The molecule has 1 unspecified atom stereocenters. The highest BCUT2D eigenvalue weighted by Crippen LogP contribution is 2.26. The van der Waals surface area contributed by atoms with Gasteiger partial charge in [-0.05, 0) is 60.9 Å². The number of nitrogen functional groups attached to an aromatic ring is 1. The molecule has 0 fully saturated rings. The topological polar surface area (TPSA) is 107 Å². The molecule has 176 valence electrons. The Bertz CT molecular complexity index is 1500. The summed E-state index contributed by atoms with van der Waals surface area (Å²) >= 11 is 0. The largest absolute Gasteiger partial charge is 0.399 e. The van der Waals surface area contributed by atoms with Gasteiger partial charge in [0.1, 0.15) is 11.6 Å². The molecule has 0 spiro atoms. The molecule has 4 rings (SSSR count). The fraction of sp³-hybridized carbons (Fsp3) is 0.200. The van der Waals surface area contributed by atoms with Crippen LogP contribution in [0, 0.1) is 11.7 Å². The van der Waals surface area contributed by atoms with Gasteiger partial charge in [-0.15, -0.1) is 0 Å². The number of sulfonamides is 1. The number of nitrogens with two attached hydrogens (primary N) is 1. The van der Waals surface area contributed by atoms with Gasteiger partial charge < -0.3 is 5.73 Å². The van der Waals surface area contributed by atoms with Gasteiger partial charge in [0.15, 0.2) is 0 Å². The van der Waals surface area contributed by atoms with Crippen molar-refractivity contribution < 1.29 is 12.8 Å². The van der Waals surface area contributed by atoms with Crippen molar-refractivity contribution in [1.29, 1.82) is 0 Å². The van der Waals surface area contributed by atoms with Crippen molar-refractivity contribution in [2.45, 2.75) is 31.2 Å². The second-order valence-electron chi connectivity index (χ2n) is 8.45. The molecule has 34 heavy (non-hydrogen) atoms. The molecule has 3 aromatic carbocycles. The number of anilines is 1. The monoisotopic (exact) mass is 480 g/mol. The van der Waals surface area contributed by atoms with E-state index in [0.29, 0.717) is 23.0 Å². The number of hydrogen-bond donors (Lipinski definition) is 2. The van der Waals surface area contributed by atoms with Crippen LogP contribution in [0.25, 0.3) is 16.6 Å². The van der Waals surface area contributed by atoms with Gasteiger partial charge in [-0.2, -0.15) is 0 Å². The van der Waals surface area contributed by atoms with E-state index in [-0.39, 0.29) is 22.3 Å². The van der Waals surface area contributed by atoms with Crippen LogP contribution in [0.3, 0.4) is 0 Å². The summed E-state index contributed by atoms with van der Waals surface area (Å²) in [4.78, 5) is 18.2. The van der Waals surface area contributed by atoms with Gasteiger partial charge in [-0.1, -0.05) is 38.1 Å². The molecule has 3 N–H and O–H groups in total. The van der Waals surface area contributed by atoms with Crippen LogP contribution in [0.1, 0.15) is 32.1 Å². The van der Waals surface area contributed by atoms with E-state index in [0.717, 1.165) is 4.57 Å².